The average Bonchev–Trinajstić information content (AvgIpc) is 2.15. The summed E-state index contributed by atoms with van der Waals surface area (Å²) in [6, 6.07) is 1.64. The van der Waals surface area contributed by atoms with Crippen molar-refractivity contribution in [2.75, 3.05) is 0 Å². The fourth-order valence-electron chi connectivity index (χ4n) is 0.401. The summed E-state index contributed by atoms with van der Waals surface area (Å²) >= 11 is 1.06. The Bertz CT molecular complexity index is 195. The Labute approximate surface area is 56.4 Å². The molecule has 0 saturated heterocycles. The fourth-order valence-corrected chi connectivity index (χ4v) is 0.900. The lowest BCUT2D eigenvalue weighted by Gasteiger charge is -1.82. The van der Waals surface area contributed by atoms with Crippen LogP contribution < -0.4 is 0 Å². The number of thioether (sulfide) groups is 1. The third kappa shape index (κ3) is 1.89. The molecule has 0 amide bonds. The van der Waals surface area contributed by atoms with Crippen LogP contribution in [0, 0.1) is 0 Å². The summed E-state index contributed by atoms with van der Waals surface area (Å²) in [4.78, 5) is 10.4. The monoisotopic (exact) mass is 143 g/mol. The zero-order chi connectivity index (χ0) is 6.69. The standard InChI is InChI=1S/C5H5NO2S/c1-4(7)9-5-2-3-8-6-5/h2-3H,1H3. The van der Waals surface area contributed by atoms with Crippen molar-refractivity contribution in [3.05, 3.63) is 12.3 Å². The lowest BCUT2D eigenvalue weighted by molar-refractivity contribution is -0.109. The van der Waals surface area contributed by atoms with Gasteiger partial charge in [-0.1, -0.05) is 5.16 Å². The van der Waals surface area contributed by atoms with E-state index in [4.69, 9.17) is 0 Å². The van der Waals surface area contributed by atoms with Gasteiger partial charge in [0, 0.05) is 13.0 Å². The van der Waals surface area contributed by atoms with Crippen LogP contribution in [0.2, 0.25) is 0 Å². The van der Waals surface area contributed by atoms with Gasteiger partial charge in [0.1, 0.15) is 11.3 Å². The van der Waals surface area contributed by atoms with E-state index in [2.05, 4.69) is 9.68 Å². The highest BCUT2D eigenvalue weighted by molar-refractivity contribution is 8.13. The Kier molecular flexibility index (Phi) is 1.89. The molecule has 0 atom stereocenters. The highest BCUT2D eigenvalue weighted by atomic mass is 32.2. The van der Waals surface area contributed by atoms with Gasteiger partial charge < -0.3 is 4.52 Å². The van der Waals surface area contributed by atoms with E-state index in [1.165, 1.54) is 13.2 Å². The van der Waals surface area contributed by atoms with Gasteiger partial charge in [0.05, 0.1) is 0 Å². The van der Waals surface area contributed by atoms with Crippen molar-refractivity contribution in [3.8, 4) is 0 Å². The second-order valence-electron chi connectivity index (χ2n) is 1.43. The maximum absolute atomic E-state index is 10.4. The van der Waals surface area contributed by atoms with Crippen molar-refractivity contribution in [3.63, 3.8) is 0 Å². The molecule has 0 saturated carbocycles. The van der Waals surface area contributed by atoms with Crippen molar-refractivity contribution in [2.24, 2.45) is 0 Å². The van der Waals surface area contributed by atoms with Gasteiger partial charge in [-0.2, -0.15) is 0 Å². The zero-order valence-corrected chi connectivity index (χ0v) is 5.64. The van der Waals surface area contributed by atoms with E-state index in [1.807, 2.05) is 0 Å². The molecule has 9 heavy (non-hydrogen) atoms. The van der Waals surface area contributed by atoms with Crippen LogP contribution >= 0.6 is 11.8 Å². The van der Waals surface area contributed by atoms with Gasteiger partial charge in [-0.3, -0.25) is 4.79 Å². The van der Waals surface area contributed by atoms with E-state index < -0.39 is 0 Å². The third-order valence-electron chi connectivity index (χ3n) is 0.662. The van der Waals surface area contributed by atoms with Gasteiger partial charge in [-0.15, -0.1) is 0 Å². The van der Waals surface area contributed by atoms with E-state index >= 15 is 0 Å². The molecule has 1 rings (SSSR count). The molecule has 0 fully saturated rings. The molecule has 0 aliphatic carbocycles. The first-order valence-corrected chi connectivity index (χ1v) is 3.19. The normalized spacial score (nSPS) is 9.44. The molecule has 48 valence electrons. The minimum atomic E-state index is 0.0175. The molecule has 0 aromatic carbocycles. The Morgan fingerprint density at radius 3 is 3.11 bits per heavy atom. The van der Waals surface area contributed by atoms with Crippen LogP contribution in [-0.4, -0.2) is 10.3 Å². The first kappa shape index (κ1) is 6.35. The molecular weight excluding hydrogens is 138 g/mol. The van der Waals surface area contributed by atoms with E-state index in [-0.39, 0.29) is 5.12 Å². The molecule has 1 aromatic rings. The van der Waals surface area contributed by atoms with Crippen molar-refractivity contribution in [2.45, 2.75) is 11.9 Å². The lowest BCUT2D eigenvalue weighted by atomic mass is 10.8. The maximum atomic E-state index is 10.4. The van der Waals surface area contributed by atoms with Gasteiger partial charge in [0.25, 0.3) is 0 Å². The smallest absolute Gasteiger partial charge is 0.192 e. The van der Waals surface area contributed by atoms with Crippen LogP contribution in [0.5, 0.6) is 0 Å². The molecule has 0 aliphatic heterocycles. The summed E-state index contributed by atoms with van der Waals surface area (Å²) in [7, 11) is 0. The number of hydrogen-bond donors (Lipinski definition) is 0. The SMILES string of the molecule is CC(=O)Sc1ccon1. The number of nitrogens with zero attached hydrogens (tertiary/aromatic N) is 1. The predicted octanol–water partition coefficient (Wildman–Crippen LogP) is 1.31. The molecule has 0 spiro atoms. The average molecular weight is 143 g/mol. The largest absolute Gasteiger partial charge is 0.364 e. The molecule has 0 unspecified atom stereocenters. The Morgan fingerprint density at radius 2 is 2.67 bits per heavy atom. The van der Waals surface area contributed by atoms with Crippen LogP contribution in [0.25, 0.3) is 0 Å². The van der Waals surface area contributed by atoms with Gasteiger partial charge >= 0.3 is 0 Å². The lowest BCUT2D eigenvalue weighted by Crippen LogP contribution is -1.79. The summed E-state index contributed by atoms with van der Waals surface area (Å²) in [6.07, 6.45) is 1.44. The fraction of sp³-hybridized carbons (Fsp3) is 0.200. The van der Waals surface area contributed by atoms with Crippen LogP contribution in [0.4, 0.5) is 0 Å². The second kappa shape index (κ2) is 2.68. The number of rotatable bonds is 1. The van der Waals surface area contributed by atoms with Gasteiger partial charge in [0.2, 0.25) is 0 Å². The first-order chi connectivity index (χ1) is 4.29. The molecular formula is C5H5NO2S. The first-order valence-electron chi connectivity index (χ1n) is 2.38. The summed E-state index contributed by atoms with van der Waals surface area (Å²) in [5.74, 6) is 0. The second-order valence-corrected chi connectivity index (χ2v) is 2.63. The zero-order valence-electron chi connectivity index (χ0n) is 4.83. The number of carbonyl (C=O) groups excluding carboxylic acids is 1. The van der Waals surface area contributed by atoms with Crippen molar-refractivity contribution < 1.29 is 9.32 Å². The van der Waals surface area contributed by atoms with Gasteiger partial charge in [-0.05, 0) is 11.8 Å². The van der Waals surface area contributed by atoms with Crippen LogP contribution in [0.15, 0.2) is 21.9 Å². The van der Waals surface area contributed by atoms with E-state index in [0.29, 0.717) is 5.03 Å². The highest BCUT2D eigenvalue weighted by Gasteiger charge is 1.99. The minimum absolute atomic E-state index is 0.0175. The predicted molar refractivity (Wildman–Crippen MR) is 33.0 cm³/mol. The highest BCUT2D eigenvalue weighted by Crippen LogP contribution is 2.14. The number of hydrogen-bond acceptors (Lipinski definition) is 4. The summed E-state index contributed by atoms with van der Waals surface area (Å²) in [6.45, 7) is 1.49. The molecule has 0 radical (unpaired) electrons. The molecule has 0 aliphatic rings. The Hall–Kier alpha value is -0.770. The number of aromatic nitrogens is 1. The molecule has 1 aromatic heterocycles. The van der Waals surface area contributed by atoms with Crippen LogP contribution in [0.3, 0.4) is 0 Å². The van der Waals surface area contributed by atoms with Crippen LogP contribution in [0.1, 0.15) is 6.92 Å². The van der Waals surface area contributed by atoms with E-state index in [0.717, 1.165) is 11.8 Å². The maximum Gasteiger partial charge on any atom is 0.192 e. The minimum Gasteiger partial charge on any atom is -0.364 e. The Morgan fingerprint density at radius 1 is 1.89 bits per heavy atom. The van der Waals surface area contributed by atoms with Gasteiger partial charge in [-0.25, -0.2) is 0 Å². The van der Waals surface area contributed by atoms with Crippen molar-refractivity contribution >= 4 is 16.9 Å². The quantitative estimate of drug-likeness (QED) is 0.556. The number of carbonyl (C=O) groups is 1. The van der Waals surface area contributed by atoms with E-state index in [1.54, 1.807) is 6.07 Å². The summed E-state index contributed by atoms with van der Waals surface area (Å²) in [5, 5.41) is 4.15. The molecule has 0 bridgehead atoms. The molecule has 1 heterocycles. The van der Waals surface area contributed by atoms with Gasteiger partial charge in [0.15, 0.2) is 5.12 Å². The third-order valence-corrected chi connectivity index (χ3v) is 1.37. The molecule has 3 nitrogen and oxygen atoms in total. The molecule has 4 heteroatoms. The summed E-state index contributed by atoms with van der Waals surface area (Å²) < 4.78 is 4.49. The topological polar surface area (TPSA) is 43.1 Å². The van der Waals surface area contributed by atoms with Crippen molar-refractivity contribution in [1.29, 1.82) is 0 Å². The molecule has 0 N–H and O–H groups in total. The van der Waals surface area contributed by atoms with Crippen molar-refractivity contribution in [1.82, 2.24) is 5.16 Å². The summed E-state index contributed by atoms with van der Waals surface area (Å²) in [5.41, 5.74) is 0. The van der Waals surface area contributed by atoms with Crippen LogP contribution in [-0.2, 0) is 4.79 Å². The van der Waals surface area contributed by atoms with E-state index in [9.17, 15) is 4.79 Å². The Balaban J connectivity index is 2.58.